The quantitative estimate of drug-likeness (QED) is 0.697. The zero-order valence-corrected chi connectivity index (χ0v) is 16.0. The van der Waals surface area contributed by atoms with Gasteiger partial charge >= 0.3 is 0 Å². The Kier molecular flexibility index (Phi) is 5.37. The first-order valence-electron chi connectivity index (χ1n) is 8.87. The zero-order chi connectivity index (χ0) is 20.1. The number of nitrogens with one attached hydrogen (secondary N) is 2. The molecule has 0 unspecified atom stereocenters. The molecule has 0 aliphatic rings. The van der Waals surface area contributed by atoms with Gasteiger partial charge in [-0.1, -0.05) is 45.0 Å². The lowest BCUT2D eigenvalue weighted by molar-refractivity contribution is 0.102. The highest BCUT2D eigenvalue weighted by Gasteiger charge is 2.19. The summed E-state index contributed by atoms with van der Waals surface area (Å²) in [5.41, 5.74) is 3.34. The van der Waals surface area contributed by atoms with Crippen LogP contribution in [0.1, 0.15) is 42.3 Å². The first kappa shape index (κ1) is 19.1. The molecule has 0 saturated carbocycles. The van der Waals surface area contributed by atoms with Crippen molar-refractivity contribution in [2.75, 3.05) is 10.6 Å². The second kappa shape index (κ2) is 7.89. The highest BCUT2D eigenvalue weighted by atomic mass is 16.1. The Morgan fingerprint density at radius 3 is 2.43 bits per heavy atom. The van der Waals surface area contributed by atoms with Gasteiger partial charge in [0, 0.05) is 23.8 Å². The monoisotopic (exact) mass is 371 g/mol. The molecule has 0 aliphatic heterocycles. The van der Waals surface area contributed by atoms with Crippen LogP contribution in [0.4, 0.5) is 17.3 Å². The maximum absolute atomic E-state index is 12.6. The van der Waals surface area contributed by atoms with Crippen molar-refractivity contribution < 1.29 is 4.79 Å². The van der Waals surface area contributed by atoms with Gasteiger partial charge in [-0.05, 0) is 35.2 Å². The lowest BCUT2D eigenvalue weighted by Crippen LogP contribution is -2.19. The summed E-state index contributed by atoms with van der Waals surface area (Å²) in [6.45, 7) is 6.30. The Hall–Kier alpha value is -3.72. The van der Waals surface area contributed by atoms with Gasteiger partial charge in [-0.25, -0.2) is 9.97 Å². The van der Waals surface area contributed by atoms with Crippen LogP contribution in [0.5, 0.6) is 0 Å². The molecular formula is C22H21N5O. The van der Waals surface area contributed by atoms with E-state index in [0.717, 1.165) is 11.3 Å². The van der Waals surface area contributed by atoms with Gasteiger partial charge in [0.1, 0.15) is 0 Å². The van der Waals surface area contributed by atoms with Gasteiger partial charge in [-0.15, -0.1) is 0 Å². The Morgan fingerprint density at radius 2 is 1.75 bits per heavy atom. The minimum Gasteiger partial charge on any atom is -0.324 e. The molecule has 3 aromatic rings. The molecule has 2 N–H and O–H groups in total. The van der Waals surface area contributed by atoms with E-state index < -0.39 is 0 Å². The van der Waals surface area contributed by atoms with Gasteiger partial charge in [-0.2, -0.15) is 5.26 Å². The molecule has 0 radical (unpaired) electrons. The van der Waals surface area contributed by atoms with Gasteiger partial charge in [0.25, 0.3) is 5.91 Å². The van der Waals surface area contributed by atoms with Gasteiger partial charge in [-0.3, -0.25) is 4.79 Å². The minimum atomic E-state index is -0.269. The predicted octanol–water partition coefficient (Wildman–Crippen LogP) is 4.64. The third kappa shape index (κ3) is 4.51. The van der Waals surface area contributed by atoms with E-state index in [1.165, 1.54) is 12.4 Å². The fraction of sp³-hybridized carbons (Fsp3) is 0.182. The lowest BCUT2D eigenvalue weighted by atomic mass is 9.86. The van der Waals surface area contributed by atoms with Crippen LogP contribution in [0.2, 0.25) is 0 Å². The molecule has 28 heavy (non-hydrogen) atoms. The molecule has 6 nitrogen and oxygen atoms in total. The van der Waals surface area contributed by atoms with Crippen LogP contribution in [-0.2, 0) is 5.41 Å². The minimum absolute atomic E-state index is 0.0912. The van der Waals surface area contributed by atoms with Crippen LogP contribution < -0.4 is 10.6 Å². The number of nitriles is 1. The van der Waals surface area contributed by atoms with Crippen molar-refractivity contribution in [2.45, 2.75) is 26.2 Å². The predicted molar refractivity (Wildman–Crippen MR) is 110 cm³/mol. The summed E-state index contributed by atoms with van der Waals surface area (Å²) in [4.78, 5) is 21.0. The Balaban J connectivity index is 1.73. The number of nitrogens with zero attached hydrogens (tertiary/aromatic N) is 3. The van der Waals surface area contributed by atoms with E-state index in [9.17, 15) is 4.79 Å². The highest BCUT2D eigenvalue weighted by Crippen LogP contribution is 2.29. The molecule has 1 heterocycles. The molecule has 0 spiro atoms. The van der Waals surface area contributed by atoms with Crippen molar-refractivity contribution >= 4 is 23.2 Å². The summed E-state index contributed by atoms with van der Waals surface area (Å²) in [7, 11) is 0. The van der Waals surface area contributed by atoms with Gasteiger partial charge in [0.05, 0.1) is 17.2 Å². The average Bonchev–Trinajstić information content (AvgIpc) is 2.68. The van der Waals surface area contributed by atoms with Crippen LogP contribution >= 0.6 is 0 Å². The van der Waals surface area contributed by atoms with Crippen LogP contribution in [0.3, 0.4) is 0 Å². The molecule has 0 aliphatic carbocycles. The summed E-state index contributed by atoms with van der Waals surface area (Å²) >= 11 is 0. The van der Waals surface area contributed by atoms with E-state index in [1.807, 2.05) is 30.3 Å². The molecule has 0 saturated heterocycles. The summed E-state index contributed by atoms with van der Waals surface area (Å²) < 4.78 is 0. The van der Waals surface area contributed by atoms with Crippen LogP contribution in [0, 0.1) is 11.3 Å². The number of amides is 1. The number of carbonyl (C=O) groups excluding carboxylic acids is 1. The third-order valence-corrected chi connectivity index (χ3v) is 4.15. The van der Waals surface area contributed by atoms with Crippen molar-refractivity contribution in [3.8, 4) is 6.07 Å². The summed E-state index contributed by atoms with van der Waals surface area (Å²) in [5, 5.41) is 14.9. The second-order valence-corrected chi connectivity index (χ2v) is 7.36. The van der Waals surface area contributed by atoms with Gasteiger partial charge in [0.15, 0.2) is 0 Å². The van der Waals surface area contributed by atoms with E-state index in [0.29, 0.717) is 22.8 Å². The first-order chi connectivity index (χ1) is 13.4. The number of para-hydroxylation sites is 1. The fourth-order valence-corrected chi connectivity index (χ4v) is 2.75. The first-order valence-corrected chi connectivity index (χ1v) is 8.87. The lowest BCUT2D eigenvalue weighted by Gasteiger charge is -2.22. The van der Waals surface area contributed by atoms with Crippen molar-refractivity contribution in [3.63, 3.8) is 0 Å². The maximum Gasteiger partial charge on any atom is 0.258 e. The van der Waals surface area contributed by atoms with Crippen LogP contribution in [0.15, 0.2) is 60.9 Å². The molecule has 1 amide bonds. The van der Waals surface area contributed by atoms with Crippen molar-refractivity contribution in [3.05, 3.63) is 77.6 Å². The van der Waals surface area contributed by atoms with Crippen molar-refractivity contribution in [2.24, 2.45) is 0 Å². The highest BCUT2D eigenvalue weighted by molar-refractivity contribution is 6.04. The summed E-state index contributed by atoms with van der Waals surface area (Å²) in [5.74, 6) is 0.0801. The summed E-state index contributed by atoms with van der Waals surface area (Å²) in [6.07, 6.45) is 2.94. The Bertz CT molecular complexity index is 1030. The number of aromatic nitrogens is 2. The molecule has 1 aromatic heterocycles. The number of anilines is 3. The van der Waals surface area contributed by atoms with E-state index in [1.54, 1.807) is 18.2 Å². The van der Waals surface area contributed by atoms with E-state index in [4.69, 9.17) is 5.26 Å². The largest absolute Gasteiger partial charge is 0.324 e. The number of carbonyl (C=O) groups is 1. The van der Waals surface area contributed by atoms with E-state index in [-0.39, 0.29) is 11.3 Å². The maximum atomic E-state index is 12.6. The molecule has 6 heteroatoms. The van der Waals surface area contributed by atoms with E-state index in [2.05, 4.69) is 47.4 Å². The number of rotatable bonds is 4. The normalized spacial score (nSPS) is 10.8. The smallest absolute Gasteiger partial charge is 0.258 e. The molecule has 2 aromatic carbocycles. The fourth-order valence-electron chi connectivity index (χ4n) is 2.75. The Morgan fingerprint density at radius 1 is 1.04 bits per heavy atom. The molecule has 140 valence electrons. The SMILES string of the molecule is CC(C)(C)c1ccccc1NC(=O)c1cnc(Nc2cccc(C#N)c2)nc1. The van der Waals surface area contributed by atoms with Crippen LogP contribution in [0.25, 0.3) is 0 Å². The number of hydrogen-bond donors (Lipinski definition) is 2. The van der Waals surface area contributed by atoms with Gasteiger partial charge in [0.2, 0.25) is 5.95 Å². The topological polar surface area (TPSA) is 90.7 Å². The standard InChI is InChI=1S/C22H21N5O/c1-22(2,3)18-9-4-5-10-19(18)27-20(28)16-13-24-21(25-14-16)26-17-8-6-7-15(11-17)12-23/h4-11,13-14H,1-3H3,(H,27,28)(H,24,25,26). The molecule has 3 rings (SSSR count). The molecule has 0 fully saturated rings. The molecular weight excluding hydrogens is 350 g/mol. The van der Waals surface area contributed by atoms with Crippen molar-refractivity contribution in [1.82, 2.24) is 9.97 Å². The molecule has 0 atom stereocenters. The van der Waals surface area contributed by atoms with E-state index >= 15 is 0 Å². The third-order valence-electron chi connectivity index (χ3n) is 4.15. The number of hydrogen-bond acceptors (Lipinski definition) is 5. The zero-order valence-electron chi connectivity index (χ0n) is 16.0. The van der Waals surface area contributed by atoms with Crippen molar-refractivity contribution in [1.29, 1.82) is 5.26 Å². The number of benzene rings is 2. The van der Waals surface area contributed by atoms with Gasteiger partial charge < -0.3 is 10.6 Å². The van der Waals surface area contributed by atoms with Crippen LogP contribution in [-0.4, -0.2) is 15.9 Å². The molecule has 0 bridgehead atoms. The summed E-state index contributed by atoms with van der Waals surface area (Å²) in [6, 6.07) is 16.8. The average molecular weight is 371 g/mol. The second-order valence-electron chi connectivity index (χ2n) is 7.36. The Labute approximate surface area is 164 Å².